The summed E-state index contributed by atoms with van der Waals surface area (Å²) in [5.41, 5.74) is 0.865. The van der Waals surface area contributed by atoms with Crippen LogP contribution in [0.3, 0.4) is 0 Å². The minimum atomic E-state index is -0.199. The molecule has 0 saturated carbocycles. The second-order valence-electron chi connectivity index (χ2n) is 4.16. The number of carbonyl (C=O) groups excluding carboxylic acids is 1. The van der Waals surface area contributed by atoms with E-state index in [1.165, 1.54) is 11.3 Å². The first kappa shape index (κ1) is 15.8. The lowest BCUT2D eigenvalue weighted by Gasteiger charge is -2.06. The standard InChI is InChI=1S/C13H13ClN4OS2/c1-2-11-17-18-13(21-11)16-12(20)15-10(19)7-8-3-5-9(14)6-4-8/h3-6H,2,7H2,1H3,(H2,15,16,18,19,20). The van der Waals surface area contributed by atoms with Crippen LogP contribution in [0.4, 0.5) is 5.13 Å². The number of carbonyl (C=O) groups is 1. The molecule has 0 atom stereocenters. The Morgan fingerprint density at radius 3 is 2.67 bits per heavy atom. The average molecular weight is 341 g/mol. The number of nitrogens with one attached hydrogen (secondary N) is 2. The third-order valence-corrected chi connectivity index (χ3v) is 3.96. The van der Waals surface area contributed by atoms with Gasteiger partial charge in [0.05, 0.1) is 6.42 Å². The van der Waals surface area contributed by atoms with Crippen LogP contribution in [0.5, 0.6) is 0 Å². The summed E-state index contributed by atoms with van der Waals surface area (Å²) in [4.78, 5) is 11.9. The van der Waals surface area contributed by atoms with Gasteiger partial charge in [-0.25, -0.2) is 0 Å². The number of aromatic nitrogens is 2. The van der Waals surface area contributed by atoms with Crippen LogP contribution in [0.2, 0.25) is 5.02 Å². The summed E-state index contributed by atoms with van der Waals surface area (Å²) in [6, 6.07) is 7.09. The van der Waals surface area contributed by atoms with E-state index in [1.807, 2.05) is 6.92 Å². The summed E-state index contributed by atoms with van der Waals surface area (Å²) >= 11 is 12.3. The molecule has 2 N–H and O–H groups in total. The molecule has 1 amide bonds. The average Bonchev–Trinajstić information content (AvgIpc) is 2.88. The van der Waals surface area contributed by atoms with Gasteiger partial charge in [0.15, 0.2) is 5.11 Å². The molecule has 0 aliphatic rings. The van der Waals surface area contributed by atoms with Crippen molar-refractivity contribution in [2.45, 2.75) is 19.8 Å². The maximum atomic E-state index is 11.9. The first-order chi connectivity index (χ1) is 10.1. The normalized spacial score (nSPS) is 10.2. The van der Waals surface area contributed by atoms with Crippen molar-refractivity contribution < 1.29 is 4.79 Å². The molecule has 5 nitrogen and oxygen atoms in total. The largest absolute Gasteiger partial charge is 0.307 e. The highest BCUT2D eigenvalue weighted by molar-refractivity contribution is 7.80. The summed E-state index contributed by atoms with van der Waals surface area (Å²) in [5, 5.41) is 15.7. The first-order valence-corrected chi connectivity index (χ1v) is 7.84. The van der Waals surface area contributed by atoms with Crippen molar-refractivity contribution in [3.63, 3.8) is 0 Å². The third-order valence-electron chi connectivity index (χ3n) is 2.52. The molecule has 0 bridgehead atoms. The number of hydrogen-bond acceptors (Lipinski definition) is 5. The Labute approximate surface area is 136 Å². The number of benzene rings is 1. The Bertz CT molecular complexity index is 642. The molecule has 0 spiro atoms. The minimum Gasteiger partial charge on any atom is -0.307 e. The first-order valence-electron chi connectivity index (χ1n) is 6.24. The van der Waals surface area contributed by atoms with E-state index in [0.29, 0.717) is 10.2 Å². The highest BCUT2D eigenvalue weighted by atomic mass is 35.5. The number of aryl methyl sites for hydroxylation is 1. The highest BCUT2D eigenvalue weighted by Gasteiger charge is 2.08. The third kappa shape index (κ3) is 5.04. The van der Waals surface area contributed by atoms with Gasteiger partial charge < -0.3 is 10.6 Å². The molecular weight excluding hydrogens is 328 g/mol. The van der Waals surface area contributed by atoms with E-state index >= 15 is 0 Å². The zero-order chi connectivity index (χ0) is 15.2. The molecule has 110 valence electrons. The number of thiocarbonyl (C=S) groups is 1. The van der Waals surface area contributed by atoms with E-state index in [4.69, 9.17) is 23.8 Å². The van der Waals surface area contributed by atoms with Crippen molar-refractivity contribution in [2.24, 2.45) is 0 Å². The molecule has 1 aromatic carbocycles. The van der Waals surface area contributed by atoms with Crippen molar-refractivity contribution >= 4 is 51.3 Å². The van der Waals surface area contributed by atoms with Gasteiger partial charge in [0.25, 0.3) is 0 Å². The number of hydrogen-bond donors (Lipinski definition) is 2. The lowest BCUT2D eigenvalue weighted by atomic mass is 10.1. The van der Waals surface area contributed by atoms with Gasteiger partial charge >= 0.3 is 0 Å². The Kier molecular flexibility index (Phi) is 5.60. The smallest absolute Gasteiger partial charge is 0.230 e. The molecular formula is C13H13ClN4OS2. The number of halogens is 1. The van der Waals surface area contributed by atoms with Gasteiger partial charge in [-0.3, -0.25) is 4.79 Å². The molecule has 0 aliphatic heterocycles. The zero-order valence-electron chi connectivity index (χ0n) is 11.2. The predicted octanol–water partition coefficient (Wildman–Crippen LogP) is 2.81. The Balaban J connectivity index is 1.84. The molecule has 21 heavy (non-hydrogen) atoms. The highest BCUT2D eigenvalue weighted by Crippen LogP contribution is 2.15. The van der Waals surface area contributed by atoms with Gasteiger partial charge in [0, 0.05) is 5.02 Å². The van der Waals surface area contributed by atoms with E-state index in [9.17, 15) is 4.79 Å². The lowest BCUT2D eigenvalue weighted by molar-refractivity contribution is -0.119. The molecule has 0 fully saturated rings. The molecule has 8 heteroatoms. The van der Waals surface area contributed by atoms with Gasteiger partial charge in [-0.2, -0.15) is 0 Å². The number of anilines is 1. The molecule has 2 aromatic rings. The second-order valence-corrected chi connectivity index (χ2v) is 6.07. The van der Waals surface area contributed by atoms with Crippen molar-refractivity contribution in [2.75, 3.05) is 5.32 Å². The van der Waals surface area contributed by atoms with Crippen LogP contribution in [-0.4, -0.2) is 21.2 Å². The van der Waals surface area contributed by atoms with Crippen LogP contribution in [0, 0.1) is 0 Å². The SMILES string of the molecule is CCc1nnc(NC(=S)NC(=O)Cc2ccc(Cl)cc2)s1. The molecule has 0 aliphatic carbocycles. The van der Waals surface area contributed by atoms with E-state index in [0.717, 1.165) is 17.0 Å². The van der Waals surface area contributed by atoms with Gasteiger partial charge in [-0.15, -0.1) is 10.2 Å². The van der Waals surface area contributed by atoms with Gasteiger partial charge in [-0.1, -0.05) is 42.0 Å². The van der Waals surface area contributed by atoms with Crippen molar-refractivity contribution in [1.82, 2.24) is 15.5 Å². The molecule has 1 aromatic heterocycles. The van der Waals surface area contributed by atoms with Crippen LogP contribution < -0.4 is 10.6 Å². The zero-order valence-corrected chi connectivity index (χ0v) is 13.6. The summed E-state index contributed by atoms with van der Waals surface area (Å²) < 4.78 is 0. The second kappa shape index (κ2) is 7.44. The number of amides is 1. The van der Waals surface area contributed by atoms with Crippen LogP contribution in [0.15, 0.2) is 24.3 Å². The minimum absolute atomic E-state index is 0.199. The van der Waals surface area contributed by atoms with Crippen molar-refractivity contribution in [3.8, 4) is 0 Å². The van der Waals surface area contributed by atoms with Crippen molar-refractivity contribution in [1.29, 1.82) is 0 Å². The van der Waals surface area contributed by atoms with Crippen LogP contribution >= 0.6 is 35.2 Å². The number of nitrogens with zero attached hydrogens (tertiary/aromatic N) is 2. The van der Waals surface area contributed by atoms with Crippen molar-refractivity contribution in [3.05, 3.63) is 39.9 Å². The summed E-state index contributed by atoms with van der Waals surface area (Å²) in [5.74, 6) is -0.199. The van der Waals surface area contributed by atoms with E-state index in [1.54, 1.807) is 24.3 Å². The van der Waals surface area contributed by atoms with E-state index in [-0.39, 0.29) is 17.4 Å². The molecule has 0 unspecified atom stereocenters. The van der Waals surface area contributed by atoms with E-state index < -0.39 is 0 Å². The van der Waals surface area contributed by atoms with Crippen LogP contribution in [0.25, 0.3) is 0 Å². The summed E-state index contributed by atoms with van der Waals surface area (Å²) in [6.07, 6.45) is 1.05. The Hall–Kier alpha value is -1.57. The number of rotatable bonds is 4. The fourth-order valence-corrected chi connectivity index (χ4v) is 2.62. The Morgan fingerprint density at radius 2 is 2.05 bits per heavy atom. The van der Waals surface area contributed by atoms with E-state index in [2.05, 4.69) is 20.8 Å². The molecule has 2 rings (SSSR count). The molecule has 0 saturated heterocycles. The van der Waals surface area contributed by atoms with Gasteiger partial charge in [0.2, 0.25) is 11.0 Å². The topological polar surface area (TPSA) is 66.9 Å². The predicted molar refractivity (Wildman–Crippen MR) is 88.8 cm³/mol. The fraction of sp³-hybridized carbons (Fsp3) is 0.231. The fourth-order valence-electron chi connectivity index (χ4n) is 1.53. The maximum absolute atomic E-state index is 11.9. The molecule has 1 heterocycles. The molecule has 0 radical (unpaired) electrons. The lowest BCUT2D eigenvalue weighted by Crippen LogP contribution is -2.35. The van der Waals surface area contributed by atoms with Crippen LogP contribution in [-0.2, 0) is 17.6 Å². The Morgan fingerprint density at radius 1 is 1.33 bits per heavy atom. The maximum Gasteiger partial charge on any atom is 0.230 e. The van der Waals surface area contributed by atoms with Gasteiger partial charge in [0.1, 0.15) is 5.01 Å². The summed E-state index contributed by atoms with van der Waals surface area (Å²) in [6.45, 7) is 2.00. The monoisotopic (exact) mass is 340 g/mol. The quantitative estimate of drug-likeness (QED) is 0.838. The summed E-state index contributed by atoms with van der Waals surface area (Å²) in [7, 11) is 0. The van der Waals surface area contributed by atoms with Gasteiger partial charge in [-0.05, 0) is 36.3 Å². The van der Waals surface area contributed by atoms with Crippen LogP contribution in [0.1, 0.15) is 17.5 Å².